The summed E-state index contributed by atoms with van der Waals surface area (Å²) in [5.74, 6) is 1.72. The van der Waals surface area contributed by atoms with Crippen LogP contribution in [0.3, 0.4) is 0 Å². The van der Waals surface area contributed by atoms with E-state index in [9.17, 15) is 0 Å². The zero-order valence-electron chi connectivity index (χ0n) is 16.9. The van der Waals surface area contributed by atoms with Gasteiger partial charge in [-0.05, 0) is 39.3 Å². The van der Waals surface area contributed by atoms with Crippen molar-refractivity contribution in [2.75, 3.05) is 46.5 Å². The monoisotopic (exact) mass is 362 g/mol. The summed E-state index contributed by atoms with van der Waals surface area (Å²) in [7, 11) is 1.70. The Hall–Kier alpha value is -1.79. The van der Waals surface area contributed by atoms with Crippen LogP contribution in [0.4, 0.5) is 0 Å². The average molecular weight is 363 g/mol. The summed E-state index contributed by atoms with van der Waals surface area (Å²) >= 11 is 0. The zero-order valence-corrected chi connectivity index (χ0v) is 16.9. The molecule has 6 heteroatoms. The maximum atomic E-state index is 5.48. The van der Waals surface area contributed by atoms with Crippen molar-refractivity contribution in [2.45, 2.75) is 39.8 Å². The fourth-order valence-corrected chi connectivity index (χ4v) is 3.07. The van der Waals surface area contributed by atoms with E-state index in [1.54, 1.807) is 7.11 Å². The average Bonchev–Trinajstić information content (AvgIpc) is 2.65. The van der Waals surface area contributed by atoms with Gasteiger partial charge in [-0.2, -0.15) is 0 Å². The summed E-state index contributed by atoms with van der Waals surface area (Å²) in [6.45, 7) is 14.5. The predicted octanol–water partition coefficient (Wildman–Crippen LogP) is 2.17. The fourth-order valence-electron chi connectivity index (χ4n) is 3.07. The number of guanidine groups is 1. The largest absolute Gasteiger partial charge is 0.496 e. The molecule has 0 spiro atoms. The number of hydrogen-bond acceptors (Lipinski definition) is 4. The number of aryl methyl sites for hydroxylation is 1. The highest BCUT2D eigenvalue weighted by Gasteiger charge is 2.28. The standard InChI is InChI=1S/C20H34N4O2/c1-6-21-19(22-14-17-8-7-16(2)13-18(17)25-5)23-15-20(3,4)24-9-11-26-12-10-24/h7-8,13H,6,9-12,14-15H2,1-5H3,(H2,21,22,23). The molecule has 0 radical (unpaired) electrons. The fraction of sp³-hybridized carbons (Fsp3) is 0.650. The van der Waals surface area contributed by atoms with E-state index in [1.165, 1.54) is 5.56 Å². The summed E-state index contributed by atoms with van der Waals surface area (Å²) in [6.07, 6.45) is 0. The lowest BCUT2D eigenvalue weighted by Crippen LogP contribution is -2.56. The molecule has 0 unspecified atom stereocenters. The molecular formula is C20H34N4O2. The third-order valence-corrected chi connectivity index (χ3v) is 4.75. The molecule has 2 rings (SSSR count). The van der Waals surface area contributed by atoms with Crippen LogP contribution in [-0.4, -0.2) is 62.9 Å². The number of methoxy groups -OCH3 is 1. The molecule has 1 heterocycles. The van der Waals surface area contributed by atoms with Crippen molar-refractivity contribution in [1.82, 2.24) is 15.5 Å². The number of benzene rings is 1. The van der Waals surface area contributed by atoms with Crippen LogP contribution in [0.5, 0.6) is 5.75 Å². The second-order valence-electron chi connectivity index (χ2n) is 7.28. The number of hydrogen-bond donors (Lipinski definition) is 2. The Kier molecular flexibility index (Phi) is 7.72. The van der Waals surface area contributed by atoms with Gasteiger partial charge in [-0.1, -0.05) is 12.1 Å². The van der Waals surface area contributed by atoms with Crippen molar-refractivity contribution in [2.24, 2.45) is 4.99 Å². The first-order valence-corrected chi connectivity index (χ1v) is 9.44. The maximum absolute atomic E-state index is 5.48. The van der Waals surface area contributed by atoms with Crippen LogP contribution in [0.25, 0.3) is 0 Å². The number of aliphatic imine (C=N–C) groups is 1. The van der Waals surface area contributed by atoms with Crippen molar-refractivity contribution in [1.29, 1.82) is 0 Å². The molecule has 1 aromatic rings. The molecule has 146 valence electrons. The number of rotatable bonds is 7. The minimum Gasteiger partial charge on any atom is -0.496 e. The summed E-state index contributed by atoms with van der Waals surface area (Å²) in [5, 5.41) is 6.83. The van der Waals surface area contributed by atoms with Gasteiger partial charge in [-0.25, -0.2) is 4.99 Å². The molecule has 1 aliphatic rings. The Bertz CT molecular complexity index is 595. The normalized spacial score (nSPS) is 16.4. The lowest BCUT2D eigenvalue weighted by molar-refractivity contribution is -0.00834. The zero-order chi connectivity index (χ0) is 19.0. The highest BCUT2D eigenvalue weighted by atomic mass is 16.5. The van der Waals surface area contributed by atoms with E-state index in [2.05, 4.69) is 55.4 Å². The lowest BCUT2D eigenvalue weighted by atomic mass is 10.0. The molecule has 0 bridgehead atoms. The maximum Gasteiger partial charge on any atom is 0.191 e. The Morgan fingerprint density at radius 3 is 2.65 bits per heavy atom. The highest BCUT2D eigenvalue weighted by Crippen LogP contribution is 2.20. The first-order chi connectivity index (χ1) is 12.5. The summed E-state index contributed by atoms with van der Waals surface area (Å²) in [6, 6.07) is 6.22. The van der Waals surface area contributed by atoms with Gasteiger partial charge in [0.15, 0.2) is 5.96 Å². The topological polar surface area (TPSA) is 58.1 Å². The number of nitrogens with one attached hydrogen (secondary N) is 2. The van der Waals surface area contributed by atoms with Crippen LogP contribution in [0.15, 0.2) is 23.2 Å². The van der Waals surface area contributed by atoms with Gasteiger partial charge in [0.1, 0.15) is 5.75 Å². The predicted molar refractivity (Wildman–Crippen MR) is 107 cm³/mol. The molecular weight excluding hydrogens is 328 g/mol. The first kappa shape index (κ1) is 20.5. The van der Waals surface area contributed by atoms with E-state index in [0.29, 0.717) is 6.54 Å². The van der Waals surface area contributed by atoms with Crippen LogP contribution >= 0.6 is 0 Å². The molecule has 2 N–H and O–H groups in total. The van der Waals surface area contributed by atoms with Gasteiger partial charge in [-0.3, -0.25) is 4.90 Å². The van der Waals surface area contributed by atoms with Gasteiger partial charge in [0.25, 0.3) is 0 Å². The summed E-state index contributed by atoms with van der Waals surface area (Å²) in [4.78, 5) is 7.21. The van der Waals surface area contributed by atoms with Crippen LogP contribution in [-0.2, 0) is 11.3 Å². The molecule has 1 fully saturated rings. The number of ether oxygens (including phenoxy) is 2. The van der Waals surface area contributed by atoms with Crippen LogP contribution < -0.4 is 15.4 Å². The second-order valence-corrected chi connectivity index (χ2v) is 7.28. The second kappa shape index (κ2) is 9.78. The summed E-state index contributed by atoms with van der Waals surface area (Å²) in [5.41, 5.74) is 2.32. The summed E-state index contributed by atoms with van der Waals surface area (Å²) < 4.78 is 11.0. The van der Waals surface area contributed by atoms with Gasteiger partial charge < -0.3 is 20.1 Å². The van der Waals surface area contributed by atoms with E-state index in [-0.39, 0.29) is 5.54 Å². The van der Waals surface area contributed by atoms with Crippen molar-refractivity contribution in [3.63, 3.8) is 0 Å². The van der Waals surface area contributed by atoms with Crippen LogP contribution in [0.2, 0.25) is 0 Å². The Morgan fingerprint density at radius 1 is 1.27 bits per heavy atom. The Morgan fingerprint density at radius 2 is 2.00 bits per heavy atom. The van der Waals surface area contributed by atoms with Crippen molar-refractivity contribution in [3.05, 3.63) is 29.3 Å². The van der Waals surface area contributed by atoms with E-state index >= 15 is 0 Å². The molecule has 6 nitrogen and oxygen atoms in total. The molecule has 1 saturated heterocycles. The van der Waals surface area contributed by atoms with Crippen LogP contribution in [0.1, 0.15) is 31.9 Å². The van der Waals surface area contributed by atoms with E-state index in [1.807, 2.05) is 6.07 Å². The number of nitrogens with zero attached hydrogens (tertiary/aromatic N) is 2. The van der Waals surface area contributed by atoms with Crippen molar-refractivity contribution < 1.29 is 9.47 Å². The molecule has 1 aliphatic heterocycles. The van der Waals surface area contributed by atoms with Gasteiger partial charge in [0.2, 0.25) is 0 Å². The van der Waals surface area contributed by atoms with Gasteiger partial charge in [0.05, 0.1) is 26.9 Å². The third-order valence-electron chi connectivity index (χ3n) is 4.75. The molecule has 0 aliphatic carbocycles. The molecule has 0 atom stereocenters. The molecule has 0 saturated carbocycles. The van der Waals surface area contributed by atoms with Gasteiger partial charge in [0, 0.05) is 37.3 Å². The Balaban J connectivity index is 2.00. The smallest absolute Gasteiger partial charge is 0.191 e. The van der Waals surface area contributed by atoms with E-state index in [4.69, 9.17) is 14.5 Å². The minimum atomic E-state index is 0.0432. The van der Waals surface area contributed by atoms with Crippen LogP contribution in [0, 0.1) is 6.92 Å². The molecule has 26 heavy (non-hydrogen) atoms. The lowest BCUT2D eigenvalue weighted by Gasteiger charge is -2.41. The van der Waals surface area contributed by atoms with Crippen molar-refractivity contribution >= 4 is 5.96 Å². The first-order valence-electron chi connectivity index (χ1n) is 9.44. The van der Waals surface area contributed by atoms with Gasteiger partial charge >= 0.3 is 0 Å². The SMILES string of the molecule is CCNC(=NCc1ccc(C)cc1OC)NCC(C)(C)N1CCOCC1. The quantitative estimate of drug-likeness (QED) is 0.575. The molecule has 0 aromatic heterocycles. The van der Waals surface area contributed by atoms with Crippen molar-refractivity contribution in [3.8, 4) is 5.75 Å². The molecule has 0 amide bonds. The van der Waals surface area contributed by atoms with E-state index < -0.39 is 0 Å². The Labute approximate surface area is 158 Å². The minimum absolute atomic E-state index is 0.0432. The van der Waals surface area contributed by atoms with Gasteiger partial charge in [-0.15, -0.1) is 0 Å². The number of morpholine rings is 1. The van der Waals surface area contributed by atoms with E-state index in [0.717, 1.165) is 56.7 Å². The molecule has 1 aromatic carbocycles. The third kappa shape index (κ3) is 5.88. The highest BCUT2D eigenvalue weighted by molar-refractivity contribution is 5.79.